The molecule has 0 bridgehead atoms. The average Bonchev–Trinajstić information content (AvgIpc) is 2.73. The molecule has 0 aliphatic carbocycles. The molecule has 2 unspecified atom stereocenters. The Morgan fingerprint density at radius 2 is 2.03 bits per heavy atom. The summed E-state index contributed by atoms with van der Waals surface area (Å²) < 4.78 is 46.4. The molecule has 8 heteroatoms. The van der Waals surface area contributed by atoms with Crippen LogP contribution < -0.4 is 14.8 Å². The van der Waals surface area contributed by atoms with Crippen LogP contribution in [-0.4, -0.2) is 32.9 Å². The van der Waals surface area contributed by atoms with Crippen LogP contribution in [0.2, 0.25) is 0 Å². The SMILES string of the molecule is CCCS(=O)(=O)NCc1ccc(F)cc1-c1ccc(OC2CCNC(C#N)C2)cc1. The maximum absolute atomic E-state index is 13.9. The predicted molar refractivity (Wildman–Crippen MR) is 114 cm³/mol. The van der Waals surface area contributed by atoms with Crippen LogP contribution in [0.1, 0.15) is 31.7 Å². The molecule has 1 aliphatic heterocycles. The summed E-state index contributed by atoms with van der Waals surface area (Å²) >= 11 is 0. The number of nitriles is 1. The molecular formula is C22H26FN3O3S. The van der Waals surface area contributed by atoms with Crippen molar-refractivity contribution in [3.05, 3.63) is 53.8 Å². The largest absolute Gasteiger partial charge is 0.490 e. The number of halogens is 1. The van der Waals surface area contributed by atoms with E-state index in [4.69, 9.17) is 10.00 Å². The van der Waals surface area contributed by atoms with Crippen molar-refractivity contribution in [2.24, 2.45) is 0 Å². The number of sulfonamides is 1. The van der Waals surface area contributed by atoms with Crippen LogP contribution in [0.15, 0.2) is 42.5 Å². The van der Waals surface area contributed by atoms with Crippen LogP contribution in [0.3, 0.4) is 0 Å². The molecule has 2 aromatic carbocycles. The zero-order chi connectivity index (χ0) is 21.6. The number of hydrogen-bond donors (Lipinski definition) is 2. The van der Waals surface area contributed by atoms with Crippen molar-refractivity contribution < 1.29 is 17.5 Å². The van der Waals surface area contributed by atoms with Gasteiger partial charge in [0, 0.05) is 13.0 Å². The predicted octanol–water partition coefficient (Wildman–Crippen LogP) is 3.35. The fraction of sp³-hybridized carbons (Fsp3) is 0.409. The lowest BCUT2D eigenvalue weighted by atomic mass is 9.99. The molecule has 2 aromatic rings. The van der Waals surface area contributed by atoms with Crippen molar-refractivity contribution in [3.8, 4) is 22.9 Å². The summed E-state index contributed by atoms with van der Waals surface area (Å²) in [5.74, 6) is 0.352. The van der Waals surface area contributed by atoms with Gasteiger partial charge in [0.15, 0.2) is 0 Å². The van der Waals surface area contributed by atoms with Gasteiger partial charge in [0.1, 0.15) is 17.7 Å². The van der Waals surface area contributed by atoms with Gasteiger partial charge in [-0.15, -0.1) is 0 Å². The van der Waals surface area contributed by atoms with E-state index in [1.165, 1.54) is 12.1 Å². The van der Waals surface area contributed by atoms with Crippen LogP contribution in [-0.2, 0) is 16.6 Å². The van der Waals surface area contributed by atoms with Crippen LogP contribution in [0, 0.1) is 17.1 Å². The minimum absolute atomic E-state index is 0.0283. The molecule has 0 amide bonds. The topological polar surface area (TPSA) is 91.2 Å². The van der Waals surface area contributed by atoms with Gasteiger partial charge in [0.05, 0.1) is 17.9 Å². The third-order valence-electron chi connectivity index (χ3n) is 5.01. The number of nitrogens with zero attached hydrogens (tertiary/aromatic N) is 1. The van der Waals surface area contributed by atoms with E-state index in [2.05, 4.69) is 16.1 Å². The van der Waals surface area contributed by atoms with Gasteiger partial charge in [-0.25, -0.2) is 17.5 Å². The number of ether oxygens (including phenoxy) is 1. The molecule has 0 radical (unpaired) electrons. The highest BCUT2D eigenvalue weighted by atomic mass is 32.2. The lowest BCUT2D eigenvalue weighted by Gasteiger charge is -2.27. The highest BCUT2D eigenvalue weighted by molar-refractivity contribution is 7.89. The first-order chi connectivity index (χ1) is 14.4. The molecule has 1 heterocycles. The molecule has 160 valence electrons. The van der Waals surface area contributed by atoms with Crippen LogP contribution in [0.5, 0.6) is 5.75 Å². The highest BCUT2D eigenvalue weighted by Crippen LogP contribution is 2.28. The maximum Gasteiger partial charge on any atom is 0.211 e. The van der Waals surface area contributed by atoms with E-state index in [0.29, 0.717) is 29.7 Å². The summed E-state index contributed by atoms with van der Waals surface area (Å²) in [5.41, 5.74) is 2.10. The Morgan fingerprint density at radius 1 is 1.27 bits per heavy atom. The lowest BCUT2D eigenvalue weighted by molar-refractivity contribution is 0.151. The Bertz CT molecular complexity index is 1000. The van der Waals surface area contributed by atoms with E-state index in [0.717, 1.165) is 18.5 Å². The lowest BCUT2D eigenvalue weighted by Crippen LogP contribution is -2.41. The summed E-state index contributed by atoms with van der Waals surface area (Å²) in [6.45, 7) is 2.64. The normalized spacial score (nSPS) is 19.2. The van der Waals surface area contributed by atoms with E-state index in [9.17, 15) is 12.8 Å². The van der Waals surface area contributed by atoms with E-state index in [1.54, 1.807) is 13.0 Å². The highest BCUT2D eigenvalue weighted by Gasteiger charge is 2.22. The van der Waals surface area contributed by atoms with E-state index in [-0.39, 0.29) is 30.3 Å². The zero-order valence-electron chi connectivity index (χ0n) is 16.9. The van der Waals surface area contributed by atoms with Gasteiger partial charge in [-0.2, -0.15) is 5.26 Å². The molecule has 6 nitrogen and oxygen atoms in total. The number of rotatable bonds is 8. The van der Waals surface area contributed by atoms with E-state index < -0.39 is 10.0 Å². The van der Waals surface area contributed by atoms with Gasteiger partial charge in [-0.05, 0) is 60.3 Å². The summed E-state index contributed by atoms with van der Waals surface area (Å²) in [6.07, 6.45) is 1.95. The van der Waals surface area contributed by atoms with Crippen LogP contribution in [0.4, 0.5) is 4.39 Å². The minimum Gasteiger partial charge on any atom is -0.490 e. The maximum atomic E-state index is 13.9. The van der Waals surface area contributed by atoms with Gasteiger partial charge in [-0.3, -0.25) is 0 Å². The molecule has 3 rings (SSSR count). The van der Waals surface area contributed by atoms with Crippen LogP contribution in [0.25, 0.3) is 11.1 Å². The first kappa shape index (κ1) is 22.2. The molecule has 2 atom stereocenters. The third kappa shape index (κ3) is 6.02. The standard InChI is InChI=1S/C22H26FN3O3S/c1-2-11-30(27,28)26-15-17-3-6-18(23)12-22(17)16-4-7-20(8-5-16)29-21-9-10-25-19(13-21)14-24/h3-8,12,19,21,25-26H,2,9-11,13,15H2,1H3. The summed E-state index contributed by atoms with van der Waals surface area (Å²) in [7, 11) is -3.36. The monoisotopic (exact) mass is 431 g/mol. The third-order valence-corrected chi connectivity index (χ3v) is 6.54. The van der Waals surface area contributed by atoms with E-state index >= 15 is 0 Å². The smallest absolute Gasteiger partial charge is 0.211 e. The Balaban J connectivity index is 1.74. The van der Waals surface area contributed by atoms with E-state index in [1.807, 2.05) is 24.3 Å². The minimum atomic E-state index is -3.36. The summed E-state index contributed by atoms with van der Waals surface area (Å²) in [4.78, 5) is 0. The molecule has 1 saturated heterocycles. The van der Waals surface area contributed by atoms with Gasteiger partial charge in [0.25, 0.3) is 0 Å². The van der Waals surface area contributed by atoms with Crippen LogP contribution >= 0.6 is 0 Å². The average molecular weight is 432 g/mol. The Kier molecular flexibility index (Phi) is 7.43. The Hall–Kier alpha value is -2.47. The Morgan fingerprint density at radius 3 is 2.73 bits per heavy atom. The second kappa shape index (κ2) is 10.0. The number of nitrogens with one attached hydrogen (secondary N) is 2. The molecule has 0 aromatic heterocycles. The first-order valence-corrected chi connectivity index (χ1v) is 11.7. The first-order valence-electron chi connectivity index (χ1n) is 10.1. The van der Waals surface area contributed by atoms with Crippen molar-refractivity contribution in [3.63, 3.8) is 0 Å². The summed E-state index contributed by atoms with van der Waals surface area (Å²) in [6, 6.07) is 13.6. The van der Waals surface area contributed by atoms with Gasteiger partial charge in [0.2, 0.25) is 10.0 Å². The molecular weight excluding hydrogens is 405 g/mol. The van der Waals surface area contributed by atoms with Gasteiger partial charge < -0.3 is 10.1 Å². The van der Waals surface area contributed by atoms with Gasteiger partial charge >= 0.3 is 0 Å². The van der Waals surface area contributed by atoms with Crippen molar-refractivity contribution in [1.29, 1.82) is 5.26 Å². The molecule has 30 heavy (non-hydrogen) atoms. The summed E-state index contributed by atoms with van der Waals surface area (Å²) in [5, 5.41) is 12.2. The number of piperidine rings is 1. The molecule has 2 N–H and O–H groups in total. The van der Waals surface area contributed by atoms with Crippen molar-refractivity contribution in [1.82, 2.24) is 10.0 Å². The van der Waals surface area contributed by atoms with Gasteiger partial charge in [-0.1, -0.05) is 25.1 Å². The Labute approximate surface area is 177 Å². The second-order valence-electron chi connectivity index (χ2n) is 7.37. The molecule has 0 saturated carbocycles. The zero-order valence-corrected chi connectivity index (χ0v) is 17.7. The second-order valence-corrected chi connectivity index (χ2v) is 9.29. The van der Waals surface area contributed by atoms with Crippen molar-refractivity contribution in [2.75, 3.05) is 12.3 Å². The number of benzene rings is 2. The number of hydrogen-bond acceptors (Lipinski definition) is 5. The van der Waals surface area contributed by atoms with Crippen molar-refractivity contribution in [2.45, 2.75) is 44.9 Å². The quantitative estimate of drug-likeness (QED) is 0.669. The fourth-order valence-corrected chi connectivity index (χ4v) is 4.55. The molecule has 1 fully saturated rings. The van der Waals surface area contributed by atoms with Crippen molar-refractivity contribution >= 4 is 10.0 Å². The fourth-order valence-electron chi connectivity index (χ4n) is 3.49. The molecule has 1 aliphatic rings. The molecule has 0 spiro atoms.